The molecule has 0 saturated heterocycles. The zero-order valence-electron chi connectivity index (χ0n) is 24.7. The number of hydrogen-bond donors (Lipinski definition) is 3. The number of pyridine rings is 2. The van der Waals surface area contributed by atoms with Crippen LogP contribution >= 0.6 is 0 Å². The number of carbonyl (C=O) groups excluding carboxylic acids is 3. The molecule has 0 unspecified atom stereocenters. The molecule has 0 atom stereocenters. The highest BCUT2D eigenvalue weighted by Crippen LogP contribution is 2.38. The Morgan fingerprint density at radius 1 is 1.04 bits per heavy atom. The number of hydroxylamine groups is 2. The van der Waals surface area contributed by atoms with E-state index in [0.29, 0.717) is 39.5 Å². The molecule has 45 heavy (non-hydrogen) atoms. The fourth-order valence-corrected chi connectivity index (χ4v) is 4.44. The first-order valence-corrected chi connectivity index (χ1v) is 13.9. The van der Waals surface area contributed by atoms with Gasteiger partial charge in [-0.25, -0.2) is 5.06 Å². The first-order chi connectivity index (χ1) is 21.8. The average Bonchev–Trinajstić information content (AvgIpc) is 3.93. The molecule has 5 rings (SSSR count). The molecule has 4 aromatic rings. The lowest BCUT2D eigenvalue weighted by atomic mass is 10.0. The Hall–Kier alpha value is -5.94. The average molecular weight is 608 g/mol. The maximum absolute atomic E-state index is 13.2. The van der Waals surface area contributed by atoms with Gasteiger partial charge in [-0.15, -0.1) is 10.2 Å². The van der Waals surface area contributed by atoms with E-state index in [9.17, 15) is 14.4 Å². The summed E-state index contributed by atoms with van der Waals surface area (Å²) in [6, 6.07) is 15.4. The number of para-hydroxylation sites is 1. The monoisotopic (exact) mass is 607 g/mol. The molecule has 1 saturated carbocycles. The van der Waals surface area contributed by atoms with E-state index in [-0.39, 0.29) is 35.6 Å². The minimum absolute atomic E-state index is 0.0176. The van der Waals surface area contributed by atoms with Gasteiger partial charge in [-0.1, -0.05) is 18.2 Å². The molecule has 1 fully saturated rings. The van der Waals surface area contributed by atoms with E-state index in [0.717, 1.165) is 17.9 Å². The molecular formula is C31H29N9O5. The Labute approximate surface area is 258 Å². The van der Waals surface area contributed by atoms with Crippen molar-refractivity contribution in [3.63, 3.8) is 0 Å². The molecule has 0 spiro atoms. The molecule has 1 aromatic carbocycles. The second kappa shape index (κ2) is 13.6. The van der Waals surface area contributed by atoms with Gasteiger partial charge in [-0.3, -0.25) is 29.2 Å². The Kier molecular flexibility index (Phi) is 9.20. The summed E-state index contributed by atoms with van der Waals surface area (Å²) < 4.78 is 5.76. The van der Waals surface area contributed by atoms with Crippen LogP contribution in [0.2, 0.25) is 0 Å². The summed E-state index contributed by atoms with van der Waals surface area (Å²) in [7, 11) is 4.35. The van der Waals surface area contributed by atoms with E-state index in [1.54, 1.807) is 42.5 Å². The normalized spacial score (nSPS) is 12.0. The van der Waals surface area contributed by atoms with Crippen LogP contribution in [0.5, 0.6) is 5.75 Å². The highest BCUT2D eigenvalue weighted by molar-refractivity contribution is 6.00. The fourth-order valence-electron chi connectivity index (χ4n) is 4.44. The number of nitrogens with one attached hydrogen (secondary N) is 3. The van der Waals surface area contributed by atoms with E-state index < -0.39 is 11.8 Å². The number of benzene rings is 1. The molecular weight excluding hydrogens is 578 g/mol. The van der Waals surface area contributed by atoms with Gasteiger partial charge in [0.2, 0.25) is 5.91 Å². The molecule has 0 bridgehead atoms. The van der Waals surface area contributed by atoms with Crippen molar-refractivity contribution in [2.75, 3.05) is 31.9 Å². The van der Waals surface area contributed by atoms with Gasteiger partial charge in [0.15, 0.2) is 11.5 Å². The highest BCUT2D eigenvalue weighted by Gasteiger charge is 2.30. The first kappa shape index (κ1) is 30.5. The standard InChI is InChI=1S/C31H29N9O5/c1-33-30(42)27-25(14-26(38-39-27)37-29(41)19-7-8-19)36-23-6-4-5-22(28(23)44-2)20-9-10-24(35-16-20)31(43)40(45-3)17-21-13-18(15-32)11-12-34-21/h4-6,9-14,16,19H,7-8,17H2,1-3H3,(H,33,42)(H2,36,37,38,41). The molecule has 1 aliphatic rings. The lowest BCUT2D eigenvalue weighted by Gasteiger charge is -2.19. The molecule has 1 aliphatic carbocycles. The van der Waals surface area contributed by atoms with Gasteiger partial charge in [0.25, 0.3) is 11.8 Å². The number of carbonyl (C=O) groups is 3. The van der Waals surface area contributed by atoms with E-state index in [4.69, 9.17) is 14.8 Å². The Morgan fingerprint density at radius 3 is 2.53 bits per heavy atom. The minimum Gasteiger partial charge on any atom is -0.494 e. The molecule has 228 valence electrons. The lowest BCUT2D eigenvalue weighted by molar-refractivity contribution is -0.117. The van der Waals surface area contributed by atoms with Crippen molar-refractivity contribution in [2.24, 2.45) is 5.92 Å². The second-order valence-corrected chi connectivity index (χ2v) is 9.95. The maximum Gasteiger partial charge on any atom is 0.296 e. The van der Waals surface area contributed by atoms with Crippen LogP contribution in [0.4, 0.5) is 17.2 Å². The zero-order valence-corrected chi connectivity index (χ0v) is 24.7. The van der Waals surface area contributed by atoms with Crippen LogP contribution in [0.15, 0.2) is 60.9 Å². The molecule has 0 aliphatic heterocycles. The van der Waals surface area contributed by atoms with E-state index in [1.807, 2.05) is 12.1 Å². The van der Waals surface area contributed by atoms with Crippen molar-refractivity contribution in [3.8, 4) is 22.9 Å². The summed E-state index contributed by atoms with van der Waals surface area (Å²) in [6.45, 7) is 0.0176. The largest absolute Gasteiger partial charge is 0.494 e. The topological polar surface area (TPSA) is 184 Å². The van der Waals surface area contributed by atoms with Crippen molar-refractivity contribution in [1.29, 1.82) is 5.26 Å². The zero-order chi connectivity index (χ0) is 31.9. The Morgan fingerprint density at radius 2 is 1.87 bits per heavy atom. The summed E-state index contributed by atoms with van der Waals surface area (Å²) >= 11 is 0. The fraction of sp³-hybridized carbons (Fsp3) is 0.226. The summed E-state index contributed by atoms with van der Waals surface area (Å²) in [5, 5.41) is 26.8. The molecule has 3 N–H and O–H groups in total. The summed E-state index contributed by atoms with van der Waals surface area (Å²) in [5.41, 5.74) is 3.17. The van der Waals surface area contributed by atoms with Gasteiger partial charge >= 0.3 is 0 Å². The summed E-state index contributed by atoms with van der Waals surface area (Å²) in [6.07, 6.45) is 4.68. The second-order valence-electron chi connectivity index (χ2n) is 9.95. The first-order valence-electron chi connectivity index (χ1n) is 13.9. The van der Waals surface area contributed by atoms with Crippen molar-refractivity contribution in [1.82, 2.24) is 30.5 Å². The van der Waals surface area contributed by atoms with Crippen molar-refractivity contribution in [3.05, 3.63) is 83.6 Å². The van der Waals surface area contributed by atoms with E-state index in [2.05, 4.69) is 36.1 Å². The third-order valence-electron chi connectivity index (χ3n) is 6.92. The van der Waals surface area contributed by atoms with Crippen LogP contribution in [-0.4, -0.2) is 64.2 Å². The highest BCUT2D eigenvalue weighted by atomic mass is 16.7. The molecule has 14 heteroatoms. The lowest BCUT2D eigenvalue weighted by Crippen LogP contribution is -2.30. The van der Waals surface area contributed by atoms with Crippen LogP contribution in [-0.2, 0) is 16.2 Å². The number of nitriles is 1. The third-order valence-corrected chi connectivity index (χ3v) is 6.92. The van der Waals surface area contributed by atoms with E-state index >= 15 is 0 Å². The molecule has 14 nitrogen and oxygen atoms in total. The number of methoxy groups -OCH3 is 1. The van der Waals surface area contributed by atoms with Crippen molar-refractivity contribution >= 4 is 34.9 Å². The van der Waals surface area contributed by atoms with Crippen LogP contribution in [0.1, 0.15) is 45.1 Å². The minimum atomic E-state index is -0.493. The van der Waals surface area contributed by atoms with Crippen molar-refractivity contribution in [2.45, 2.75) is 19.4 Å². The predicted molar refractivity (Wildman–Crippen MR) is 162 cm³/mol. The maximum atomic E-state index is 13.2. The molecule has 3 aromatic heterocycles. The quantitative estimate of drug-likeness (QED) is 0.212. The van der Waals surface area contributed by atoms with Crippen LogP contribution in [0, 0.1) is 17.2 Å². The number of aromatic nitrogens is 4. The molecule has 3 amide bonds. The summed E-state index contributed by atoms with van der Waals surface area (Å²) in [4.78, 5) is 51.9. The van der Waals surface area contributed by atoms with Crippen LogP contribution in [0.3, 0.4) is 0 Å². The SMILES string of the molecule is CNC(=O)c1nnc(NC(=O)C2CC2)cc1Nc1cccc(-c2ccc(C(=O)N(Cc3cc(C#N)ccn3)OC)nc2)c1OC. The summed E-state index contributed by atoms with van der Waals surface area (Å²) in [5.74, 6) is -0.500. The predicted octanol–water partition coefficient (Wildman–Crippen LogP) is 3.47. The molecule has 0 radical (unpaired) electrons. The van der Waals surface area contributed by atoms with Gasteiger partial charge in [0.1, 0.15) is 11.4 Å². The number of ether oxygens (including phenoxy) is 1. The molecule has 3 heterocycles. The van der Waals surface area contributed by atoms with Gasteiger partial charge in [0.05, 0.1) is 49.5 Å². The van der Waals surface area contributed by atoms with Gasteiger partial charge in [-0.2, -0.15) is 5.26 Å². The van der Waals surface area contributed by atoms with Gasteiger partial charge in [-0.05, 0) is 37.1 Å². The van der Waals surface area contributed by atoms with Crippen molar-refractivity contribution < 1.29 is 24.0 Å². The number of rotatable bonds is 11. The number of nitrogens with zero attached hydrogens (tertiary/aromatic N) is 6. The van der Waals surface area contributed by atoms with Gasteiger partial charge in [0, 0.05) is 42.6 Å². The van der Waals surface area contributed by atoms with Crippen LogP contribution < -0.4 is 20.7 Å². The Balaban J connectivity index is 1.39. The van der Waals surface area contributed by atoms with Gasteiger partial charge < -0.3 is 20.7 Å². The third kappa shape index (κ3) is 7.00. The number of anilines is 3. The van der Waals surface area contributed by atoms with E-state index in [1.165, 1.54) is 33.7 Å². The number of amides is 3. The van der Waals surface area contributed by atoms with Crippen LogP contribution in [0.25, 0.3) is 11.1 Å². The number of hydrogen-bond acceptors (Lipinski definition) is 11. The smallest absolute Gasteiger partial charge is 0.296 e. The Bertz CT molecular complexity index is 1790.